The van der Waals surface area contributed by atoms with E-state index < -0.39 is 0 Å². The summed E-state index contributed by atoms with van der Waals surface area (Å²) in [6.07, 6.45) is 3.30. The molecule has 1 rings (SSSR count). The van der Waals surface area contributed by atoms with Gasteiger partial charge in [-0.15, -0.1) is 0 Å². The largest absolute Gasteiger partial charge is 0.495 e. The first-order chi connectivity index (χ1) is 9.58. The molecule has 0 aliphatic carbocycles. The Hall–Kier alpha value is -1.42. The molecule has 5 heteroatoms. The van der Waals surface area contributed by atoms with Gasteiger partial charge >= 0.3 is 0 Å². The summed E-state index contributed by atoms with van der Waals surface area (Å²) in [7, 11) is 1.56. The van der Waals surface area contributed by atoms with Crippen LogP contribution in [0.15, 0.2) is 18.2 Å². The number of methoxy groups -OCH3 is 1. The number of rotatable bonds is 8. The molecule has 0 aliphatic rings. The molecular formula is C15H23ClN2O2. The molecule has 20 heavy (non-hydrogen) atoms. The number of ether oxygens (including phenoxy) is 1. The lowest BCUT2D eigenvalue weighted by molar-refractivity contribution is -0.121. The number of hydrogen-bond acceptors (Lipinski definition) is 3. The van der Waals surface area contributed by atoms with Crippen molar-refractivity contribution in [3.63, 3.8) is 0 Å². The highest BCUT2D eigenvalue weighted by Gasteiger charge is 2.12. The normalized spacial score (nSPS) is 11.8. The van der Waals surface area contributed by atoms with Gasteiger partial charge in [-0.1, -0.05) is 31.4 Å². The number of amides is 1. The van der Waals surface area contributed by atoms with Crippen LogP contribution < -0.4 is 15.4 Å². The van der Waals surface area contributed by atoms with Crippen molar-refractivity contribution < 1.29 is 9.53 Å². The number of benzene rings is 1. The van der Waals surface area contributed by atoms with Gasteiger partial charge in [-0.2, -0.15) is 0 Å². The fourth-order valence-electron chi connectivity index (χ4n) is 1.80. The molecule has 0 bridgehead atoms. The predicted molar refractivity (Wildman–Crippen MR) is 83.6 cm³/mol. The van der Waals surface area contributed by atoms with E-state index in [0.29, 0.717) is 10.8 Å². The van der Waals surface area contributed by atoms with Gasteiger partial charge in [0.05, 0.1) is 12.1 Å². The van der Waals surface area contributed by atoms with E-state index >= 15 is 0 Å². The quantitative estimate of drug-likeness (QED) is 0.723. The van der Waals surface area contributed by atoms with Crippen LogP contribution >= 0.6 is 11.6 Å². The smallest absolute Gasteiger partial charge is 0.242 e. The maximum absolute atomic E-state index is 11.9. The van der Waals surface area contributed by atoms with Crippen LogP contribution in [0.3, 0.4) is 0 Å². The average molecular weight is 299 g/mol. The Morgan fingerprint density at radius 2 is 2.15 bits per heavy atom. The van der Waals surface area contributed by atoms with Gasteiger partial charge in [0.1, 0.15) is 11.8 Å². The Balaban J connectivity index is 2.48. The van der Waals surface area contributed by atoms with E-state index in [-0.39, 0.29) is 11.9 Å². The Labute approximate surface area is 125 Å². The zero-order valence-electron chi connectivity index (χ0n) is 12.3. The first-order valence-electron chi connectivity index (χ1n) is 6.96. The summed E-state index contributed by atoms with van der Waals surface area (Å²) in [5.41, 5.74) is 0.808. The highest BCUT2D eigenvalue weighted by molar-refractivity contribution is 6.32. The van der Waals surface area contributed by atoms with Crippen molar-refractivity contribution in [2.75, 3.05) is 19.0 Å². The fraction of sp³-hybridized carbons (Fsp3) is 0.533. The van der Waals surface area contributed by atoms with Gasteiger partial charge in [-0.3, -0.25) is 4.79 Å². The molecule has 112 valence electrons. The number of hydrogen-bond donors (Lipinski definition) is 2. The Morgan fingerprint density at radius 3 is 2.80 bits per heavy atom. The Kier molecular flexibility index (Phi) is 7.23. The lowest BCUT2D eigenvalue weighted by Gasteiger charge is -2.16. The summed E-state index contributed by atoms with van der Waals surface area (Å²) in [5.74, 6) is 0.585. The molecule has 1 amide bonds. The van der Waals surface area contributed by atoms with Crippen LogP contribution in [0.5, 0.6) is 5.75 Å². The number of anilines is 1. The highest BCUT2D eigenvalue weighted by Crippen LogP contribution is 2.27. The standard InChI is InChI=1S/C15H23ClN2O2/c1-4-5-6-9-17-15(19)11(2)18-12-7-8-13(16)14(10-12)20-3/h7-8,10-11,18H,4-6,9H2,1-3H3,(H,17,19). The lowest BCUT2D eigenvalue weighted by atomic mass is 10.2. The number of nitrogens with one attached hydrogen (secondary N) is 2. The van der Waals surface area contributed by atoms with Crippen molar-refractivity contribution in [3.05, 3.63) is 23.2 Å². The molecule has 1 atom stereocenters. The second-order valence-corrected chi connectivity index (χ2v) is 5.12. The summed E-state index contributed by atoms with van der Waals surface area (Å²) >= 11 is 5.96. The summed E-state index contributed by atoms with van der Waals surface area (Å²) in [6, 6.07) is 5.05. The zero-order valence-corrected chi connectivity index (χ0v) is 13.1. The van der Waals surface area contributed by atoms with Crippen molar-refractivity contribution in [2.45, 2.75) is 39.2 Å². The zero-order chi connectivity index (χ0) is 15.0. The van der Waals surface area contributed by atoms with Crippen LogP contribution in [0.4, 0.5) is 5.69 Å². The maximum atomic E-state index is 11.9. The van der Waals surface area contributed by atoms with Crippen LogP contribution in [0.25, 0.3) is 0 Å². The highest BCUT2D eigenvalue weighted by atomic mass is 35.5. The van der Waals surface area contributed by atoms with Gasteiger partial charge in [0.25, 0.3) is 0 Å². The Bertz CT molecular complexity index is 438. The van der Waals surface area contributed by atoms with E-state index in [0.717, 1.165) is 31.5 Å². The molecule has 1 unspecified atom stereocenters. The molecule has 2 N–H and O–H groups in total. The molecule has 4 nitrogen and oxygen atoms in total. The first-order valence-corrected chi connectivity index (χ1v) is 7.34. The second kappa shape index (κ2) is 8.69. The van der Waals surface area contributed by atoms with E-state index in [1.165, 1.54) is 0 Å². The van der Waals surface area contributed by atoms with Crippen LogP contribution in [0.2, 0.25) is 5.02 Å². The molecule has 0 heterocycles. The SMILES string of the molecule is CCCCCNC(=O)C(C)Nc1ccc(Cl)c(OC)c1. The summed E-state index contributed by atoms with van der Waals surface area (Å²) < 4.78 is 5.15. The van der Waals surface area contributed by atoms with Gasteiger partial charge in [0.2, 0.25) is 5.91 Å². The van der Waals surface area contributed by atoms with Crippen molar-refractivity contribution in [1.29, 1.82) is 0 Å². The van der Waals surface area contributed by atoms with Crippen molar-refractivity contribution >= 4 is 23.2 Å². The van der Waals surface area contributed by atoms with Gasteiger partial charge in [-0.05, 0) is 25.5 Å². The van der Waals surface area contributed by atoms with E-state index in [9.17, 15) is 4.79 Å². The molecule has 0 saturated carbocycles. The van der Waals surface area contributed by atoms with E-state index in [4.69, 9.17) is 16.3 Å². The van der Waals surface area contributed by atoms with Crippen LogP contribution in [0.1, 0.15) is 33.1 Å². The van der Waals surface area contributed by atoms with E-state index in [1.54, 1.807) is 19.2 Å². The van der Waals surface area contributed by atoms with Crippen molar-refractivity contribution in [2.24, 2.45) is 0 Å². The molecule has 1 aromatic carbocycles. The third kappa shape index (κ3) is 5.29. The first kappa shape index (κ1) is 16.6. The number of carbonyl (C=O) groups is 1. The molecule has 0 saturated heterocycles. The summed E-state index contributed by atoms with van der Waals surface area (Å²) in [4.78, 5) is 11.9. The minimum absolute atomic E-state index is 0.00461. The third-order valence-electron chi connectivity index (χ3n) is 3.01. The molecule has 0 spiro atoms. The van der Waals surface area contributed by atoms with Crippen LogP contribution in [0, 0.1) is 0 Å². The van der Waals surface area contributed by atoms with Gasteiger partial charge < -0.3 is 15.4 Å². The van der Waals surface area contributed by atoms with Crippen LogP contribution in [-0.4, -0.2) is 25.6 Å². The van der Waals surface area contributed by atoms with Crippen molar-refractivity contribution in [1.82, 2.24) is 5.32 Å². The summed E-state index contributed by atoms with van der Waals surface area (Å²) in [6.45, 7) is 4.69. The maximum Gasteiger partial charge on any atom is 0.242 e. The Morgan fingerprint density at radius 1 is 1.40 bits per heavy atom. The molecule has 1 aromatic rings. The monoisotopic (exact) mass is 298 g/mol. The van der Waals surface area contributed by atoms with Gasteiger partial charge in [0.15, 0.2) is 0 Å². The number of unbranched alkanes of at least 4 members (excludes halogenated alkanes) is 2. The minimum atomic E-state index is -0.303. The van der Waals surface area contributed by atoms with Crippen molar-refractivity contribution in [3.8, 4) is 5.75 Å². The number of halogens is 1. The molecular weight excluding hydrogens is 276 g/mol. The fourth-order valence-corrected chi connectivity index (χ4v) is 2.00. The second-order valence-electron chi connectivity index (χ2n) is 4.71. The average Bonchev–Trinajstić information content (AvgIpc) is 2.45. The third-order valence-corrected chi connectivity index (χ3v) is 3.32. The number of carbonyl (C=O) groups excluding carboxylic acids is 1. The minimum Gasteiger partial charge on any atom is -0.495 e. The van der Waals surface area contributed by atoms with Gasteiger partial charge in [-0.25, -0.2) is 0 Å². The predicted octanol–water partition coefficient (Wildman–Crippen LogP) is 3.46. The van der Waals surface area contributed by atoms with Gasteiger partial charge in [0, 0.05) is 18.3 Å². The van der Waals surface area contributed by atoms with E-state index in [2.05, 4.69) is 17.6 Å². The molecule has 0 aromatic heterocycles. The molecule has 0 radical (unpaired) electrons. The van der Waals surface area contributed by atoms with E-state index in [1.807, 2.05) is 13.0 Å². The summed E-state index contributed by atoms with van der Waals surface area (Å²) in [5, 5.41) is 6.60. The molecule has 0 fully saturated rings. The van der Waals surface area contributed by atoms with Crippen LogP contribution in [-0.2, 0) is 4.79 Å². The topological polar surface area (TPSA) is 50.4 Å². The molecule has 0 aliphatic heterocycles. The lowest BCUT2D eigenvalue weighted by Crippen LogP contribution is -2.38.